The van der Waals surface area contributed by atoms with Crippen LogP contribution in [0.5, 0.6) is 5.75 Å². The van der Waals surface area contributed by atoms with Crippen molar-refractivity contribution < 1.29 is 27.6 Å². The lowest BCUT2D eigenvalue weighted by atomic mass is 10.1. The quantitative estimate of drug-likeness (QED) is 0.623. The van der Waals surface area contributed by atoms with Crippen LogP contribution in [0.1, 0.15) is 22.1 Å². The highest BCUT2D eigenvalue weighted by Gasteiger charge is 2.14. The van der Waals surface area contributed by atoms with Gasteiger partial charge in [-0.2, -0.15) is 13.8 Å². The summed E-state index contributed by atoms with van der Waals surface area (Å²) in [6.45, 7) is -1.37. The van der Waals surface area contributed by atoms with Crippen molar-refractivity contribution in [3.05, 3.63) is 65.8 Å². The highest BCUT2D eigenvalue weighted by molar-refractivity contribution is 5.96. The predicted octanol–water partition coefficient (Wildman–Crippen LogP) is 4.08. The minimum Gasteiger partial charge on any atom is -0.452 e. The molecule has 0 aliphatic rings. The van der Waals surface area contributed by atoms with Crippen molar-refractivity contribution in [3.8, 4) is 5.75 Å². The van der Waals surface area contributed by atoms with E-state index in [0.29, 0.717) is 22.8 Å². The van der Waals surface area contributed by atoms with Gasteiger partial charge < -0.3 is 19.3 Å². The number of para-hydroxylation sites is 1. The molecule has 140 valence electrons. The fourth-order valence-electron chi connectivity index (χ4n) is 2.25. The SMILES string of the molecule is Cc1noc(COC(=O)c2ccccc2Nc2ccc(OC(F)F)cc2)n1. The third-order valence-corrected chi connectivity index (χ3v) is 3.40. The molecule has 1 aromatic heterocycles. The molecule has 0 bridgehead atoms. The van der Waals surface area contributed by atoms with Crippen LogP contribution in [0.4, 0.5) is 20.2 Å². The molecule has 1 heterocycles. The molecule has 0 spiro atoms. The summed E-state index contributed by atoms with van der Waals surface area (Å²) in [7, 11) is 0. The Hall–Kier alpha value is -3.49. The molecule has 0 unspecified atom stereocenters. The summed E-state index contributed by atoms with van der Waals surface area (Å²) >= 11 is 0. The molecule has 1 N–H and O–H groups in total. The van der Waals surface area contributed by atoms with Crippen LogP contribution in [0.3, 0.4) is 0 Å². The van der Waals surface area contributed by atoms with Crippen molar-refractivity contribution in [1.82, 2.24) is 10.1 Å². The number of hydrogen-bond acceptors (Lipinski definition) is 7. The Kier molecular flexibility index (Phi) is 5.60. The van der Waals surface area contributed by atoms with Crippen LogP contribution in [-0.2, 0) is 11.3 Å². The average molecular weight is 375 g/mol. The lowest BCUT2D eigenvalue weighted by Crippen LogP contribution is -2.08. The van der Waals surface area contributed by atoms with Crippen LogP contribution in [0, 0.1) is 6.92 Å². The van der Waals surface area contributed by atoms with Crippen molar-refractivity contribution >= 4 is 17.3 Å². The number of aromatic nitrogens is 2. The molecule has 0 saturated heterocycles. The van der Waals surface area contributed by atoms with Crippen molar-refractivity contribution in [2.45, 2.75) is 20.1 Å². The Morgan fingerprint density at radius 3 is 2.59 bits per heavy atom. The number of rotatable bonds is 7. The summed E-state index contributed by atoms with van der Waals surface area (Å²) in [5, 5.41) is 6.66. The fourth-order valence-corrected chi connectivity index (χ4v) is 2.25. The van der Waals surface area contributed by atoms with Crippen molar-refractivity contribution in [3.63, 3.8) is 0 Å². The topological polar surface area (TPSA) is 86.5 Å². The lowest BCUT2D eigenvalue weighted by molar-refractivity contribution is -0.0498. The van der Waals surface area contributed by atoms with Gasteiger partial charge in [-0.1, -0.05) is 17.3 Å². The van der Waals surface area contributed by atoms with Crippen LogP contribution in [0.25, 0.3) is 0 Å². The average Bonchev–Trinajstić information content (AvgIpc) is 3.07. The van der Waals surface area contributed by atoms with Gasteiger partial charge in [-0.25, -0.2) is 4.79 Å². The van der Waals surface area contributed by atoms with E-state index >= 15 is 0 Å². The van der Waals surface area contributed by atoms with E-state index in [0.717, 1.165) is 0 Å². The molecule has 3 aromatic rings. The normalized spacial score (nSPS) is 10.7. The number of carbonyl (C=O) groups is 1. The van der Waals surface area contributed by atoms with Crippen LogP contribution in [0.2, 0.25) is 0 Å². The Balaban J connectivity index is 1.68. The number of ether oxygens (including phenoxy) is 2. The molecule has 27 heavy (non-hydrogen) atoms. The minimum absolute atomic E-state index is 0.0399. The summed E-state index contributed by atoms with van der Waals surface area (Å²) < 4.78 is 38.8. The second kappa shape index (κ2) is 8.26. The van der Waals surface area contributed by atoms with Crippen molar-refractivity contribution in [2.24, 2.45) is 0 Å². The van der Waals surface area contributed by atoms with Crippen molar-refractivity contribution in [1.29, 1.82) is 0 Å². The molecule has 0 saturated carbocycles. The largest absolute Gasteiger partial charge is 0.452 e. The second-order valence-electron chi connectivity index (χ2n) is 5.38. The molecule has 7 nitrogen and oxygen atoms in total. The third-order valence-electron chi connectivity index (χ3n) is 3.40. The van der Waals surface area contributed by atoms with Gasteiger partial charge in [0.2, 0.25) is 0 Å². The number of carbonyl (C=O) groups excluding carboxylic acids is 1. The Bertz CT molecular complexity index is 913. The zero-order chi connectivity index (χ0) is 19.2. The Morgan fingerprint density at radius 1 is 1.19 bits per heavy atom. The zero-order valence-corrected chi connectivity index (χ0v) is 14.2. The van der Waals surface area contributed by atoms with Crippen LogP contribution in [-0.4, -0.2) is 22.7 Å². The van der Waals surface area contributed by atoms with Crippen molar-refractivity contribution in [2.75, 3.05) is 5.32 Å². The molecular weight excluding hydrogens is 360 g/mol. The molecule has 9 heteroatoms. The Morgan fingerprint density at radius 2 is 1.93 bits per heavy atom. The fraction of sp³-hybridized carbons (Fsp3) is 0.167. The number of esters is 1. The number of anilines is 2. The maximum Gasteiger partial charge on any atom is 0.387 e. The summed E-state index contributed by atoms with van der Waals surface area (Å²) in [5.74, 6) is 0.105. The van der Waals surface area contributed by atoms with Crippen LogP contribution < -0.4 is 10.1 Å². The highest BCUT2D eigenvalue weighted by atomic mass is 19.3. The summed E-state index contributed by atoms with van der Waals surface area (Å²) in [6.07, 6.45) is 0. The summed E-state index contributed by atoms with van der Waals surface area (Å²) in [6, 6.07) is 12.6. The minimum atomic E-state index is -2.89. The van der Waals surface area contributed by atoms with Gasteiger partial charge in [-0.3, -0.25) is 0 Å². The molecule has 0 atom stereocenters. The van der Waals surface area contributed by atoms with E-state index in [4.69, 9.17) is 9.26 Å². The first kappa shape index (κ1) is 18.3. The molecule has 2 aromatic carbocycles. The number of halogens is 2. The monoisotopic (exact) mass is 375 g/mol. The lowest BCUT2D eigenvalue weighted by Gasteiger charge is -2.12. The third kappa shape index (κ3) is 5.00. The van der Waals surface area contributed by atoms with E-state index in [9.17, 15) is 13.6 Å². The molecule has 0 aliphatic carbocycles. The first-order valence-electron chi connectivity index (χ1n) is 7.88. The van der Waals surface area contributed by atoms with E-state index in [1.54, 1.807) is 43.3 Å². The number of nitrogens with zero attached hydrogens (tertiary/aromatic N) is 2. The second-order valence-corrected chi connectivity index (χ2v) is 5.38. The summed E-state index contributed by atoms with van der Waals surface area (Å²) in [4.78, 5) is 16.3. The maximum absolute atomic E-state index is 12.4. The Labute approximate surface area is 152 Å². The van der Waals surface area contributed by atoms with E-state index in [-0.39, 0.29) is 18.2 Å². The van der Waals surface area contributed by atoms with Gasteiger partial charge >= 0.3 is 12.6 Å². The molecule has 0 amide bonds. The van der Waals surface area contributed by atoms with E-state index in [1.807, 2.05) is 0 Å². The number of aryl methyl sites for hydroxylation is 1. The van der Waals surface area contributed by atoms with E-state index < -0.39 is 12.6 Å². The molecule has 0 aliphatic heterocycles. The van der Waals surface area contributed by atoms with Gasteiger partial charge in [0.05, 0.1) is 11.3 Å². The van der Waals surface area contributed by atoms with Gasteiger partial charge in [-0.05, 0) is 43.3 Å². The van der Waals surface area contributed by atoms with Gasteiger partial charge in [-0.15, -0.1) is 0 Å². The van der Waals surface area contributed by atoms with Crippen LogP contribution >= 0.6 is 0 Å². The highest BCUT2D eigenvalue weighted by Crippen LogP contribution is 2.24. The van der Waals surface area contributed by atoms with Gasteiger partial charge in [0.25, 0.3) is 5.89 Å². The van der Waals surface area contributed by atoms with Gasteiger partial charge in [0, 0.05) is 5.69 Å². The van der Waals surface area contributed by atoms with E-state index in [2.05, 4.69) is 20.2 Å². The first-order chi connectivity index (χ1) is 13.0. The van der Waals surface area contributed by atoms with Crippen LogP contribution in [0.15, 0.2) is 53.1 Å². The number of benzene rings is 2. The number of alkyl halides is 2. The number of nitrogens with one attached hydrogen (secondary N) is 1. The first-order valence-corrected chi connectivity index (χ1v) is 7.88. The van der Waals surface area contributed by atoms with Gasteiger partial charge in [0.15, 0.2) is 12.4 Å². The number of hydrogen-bond donors (Lipinski definition) is 1. The molecular formula is C18H15F2N3O4. The molecule has 3 rings (SSSR count). The van der Waals surface area contributed by atoms with Gasteiger partial charge in [0.1, 0.15) is 5.75 Å². The maximum atomic E-state index is 12.4. The zero-order valence-electron chi connectivity index (χ0n) is 14.2. The van der Waals surface area contributed by atoms with E-state index in [1.165, 1.54) is 12.1 Å². The summed E-state index contributed by atoms with van der Waals surface area (Å²) in [5.41, 5.74) is 1.37. The molecule has 0 radical (unpaired) electrons. The molecule has 0 fully saturated rings. The predicted molar refractivity (Wildman–Crippen MR) is 91.0 cm³/mol. The standard InChI is InChI=1S/C18H15F2N3O4/c1-11-21-16(27-23-11)10-25-17(24)14-4-2-3-5-15(14)22-12-6-8-13(9-7-12)26-18(19)20/h2-9,18,22H,10H2,1H3. The smallest absolute Gasteiger partial charge is 0.387 e.